The summed E-state index contributed by atoms with van der Waals surface area (Å²) in [7, 11) is 0. The maximum atomic E-state index is 11.4. The van der Waals surface area contributed by atoms with Crippen molar-refractivity contribution in [3.63, 3.8) is 0 Å². The van der Waals surface area contributed by atoms with Crippen LogP contribution in [0.4, 0.5) is 0 Å². The number of amides is 1. The van der Waals surface area contributed by atoms with Crippen LogP contribution in [0.2, 0.25) is 0 Å². The first-order valence-electron chi connectivity index (χ1n) is 5.02. The van der Waals surface area contributed by atoms with Gasteiger partial charge in [0.1, 0.15) is 0 Å². The molecule has 0 aromatic heterocycles. The fourth-order valence-electron chi connectivity index (χ4n) is 1.27. The summed E-state index contributed by atoms with van der Waals surface area (Å²) in [5.74, 6) is 0.103. The molecule has 1 aliphatic rings. The summed E-state index contributed by atoms with van der Waals surface area (Å²) < 4.78 is 0. The maximum Gasteiger partial charge on any atom is 0.221 e. The molecule has 1 atom stereocenters. The van der Waals surface area contributed by atoms with Crippen molar-refractivity contribution in [3.8, 4) is 0 Å². The zero-order chi connectivity index (χ0) is 10.6. The number of carbonyl (C=O) groups is 1. The largest absolute Gasteiger partial charge is 0.396 e. The molecule has 0 aliphatic heterocycles. The fourth-order valence-corrected chi connectivity index (χ4v) is 1.59. The minimum absolute atomic E-state index is 0.0260. The minimum atomic E-state index is 0.0260. The second-order valence-electron chi connectivity index (χ2n) is 4.19. The highest BCUT2D eigenvalue weighted by Crippen LogP contribution is 2.44. The molecule has 4 heteroatoms. The lowest BCUT2D eigenvalue weighted by atomic mass is 10.1. The lowest BCUT2D eigenvalue weighted by Crippen LogP contribution is -2.32. The third kappa shape index (κ3) is 3.50. The Morgan fingerprint density at radius 1 is 1.64 bits per heavy atom. The van der Waals surface area contributed by atoms with Crippen molar-refractivity contribution in [1.29, 1.82) is 0 Å². The number of carbonyl (C=O) groups excluding carboxylic acids is 1. The molecule has 82 valence electrons. The van der Waals surface area contributed by atoms with Gasteiger partial charge in [0.25, 0.3) is 0 Å². The highest BCUT2D eigenvalue weighted by Gasteiger charge is 2.41. The number of rotatable bonds is 6. The van der Waals surface area contributed by atoms with Crippen LogP contribution in [0.25, 0.3) is 0 Å². The van der Waals surface area contributed by atoms with E-state index < -0.39 is 0 Å². The van der Waals surface area contributed by atoms with Crippen LogP contribution < -0.4 is 5.32 Å². The van der Waals surface area contributed by atoms with Crippen LogP contribution in [0, 0.1) is 5.41 Å². The lowest BCUT2D eigenvalue weighted by molar-refractivity contribution is -0.121. The van der Waals surface area contributed by atoms with E-state index in [1.165, 1.54) is 0 Å². The van der Waals surface area contributed by atoms with Gasteiger partial charge in [0.05, 0.1) is 6.61 Å². The Morgan fingerprint density at radius 2 is 2.29 bits per heavy atom. The first kappa shape index (κ1) is 11.9. The standard InChI is InChI=1S/C10H19NO2S/c1-8(14-2)5-9(13)11-6-10(7-12)3-4-10/h8,12H,3-7H2,1-2H3,(H,11,13). The van der Waals surface area contributed by atoms with E-state index in [1.807, 2.05) is 13.2 Å². The molecule has 0 heterocycles. The molecule has 14 heavy (non-hydrogen) atoms. The van der Waals surface area contributed by atoms with Gasteiger partial charge in [-0.25, -0.2) is 0 Å². The van der Waals surface area contributed by atoms with Crippen molar-refractivity contribution in [2.24, 2.45) is 5.41 Å². The monoisotopic (exact) mass is 217 g/mol. The molecule has 1 unspecified atom stereocenters. The average molecular weight is 217 g/mol. The molecule has 0 bridgehead atoms. The number of nitrogens with one attached hydrogen (secondary N) is 1. The SMILES string of the molecule is CSC(C)CC(=O)NCC1(CO)CC1. The van der Waals surface area contributed by atoms with Gasteiger partial charge < -0.3 is 10.4 Å². The van der Waals surface area contributed by atoms with Gasteiger partial charge in [-0.2, -0.15) is 11.8 Å². The van der Waals surface area contributed by atoms with Gasteiger partial charge in [0.2, 0.25) is 5.91 Å². The van der Waals surface area contributed by atoms with E-state index in [0.29, 0.717) is 18.2 Å². The van der Waals surface area contributed by atoms with Crippen LogP contribution in [0.15, 0.2) is 0 Å². The molecule has 0 aromatic rings. The predicted octanol–water partition coefficient (Wildman–Crippen LogP) is 1.02. The van der Waals surface area contributed by atoms with Crippen molar-refractivity contribution < 1.29 is 9.90 Å². The summed E-state index contributed by atoms with van der Waals surface area (Å²) >= 11 is 1.70. The Kier molecular flexibility index (Phi) is 4.26. The Balaban J connectivity index is 2.15. The van der Waals surface area contributed by atoms with Crippen LogP contribution in [-0.4, -0.2) is 35.7 Å². The molecular weight excluding hydrogens is 198 g/mol. The van der Waals surface area contributed by atoms with Crippen LogP contribution in [0.1, 0.15) is 26.2 Å². The zero-order valence-electron chi connectivity index (χ0n) is 8.88. The first-order chi connectivity index (χ1) is 6.62. The third-order valence-electron chi connectivity index (χ3n) is 2.83. The average Bonchev–Trinajstić information content (AvgIpc) is 2.95. The molecule has 0 aromatic carbocycles. The molecule has 1 saturated carbocycles. The molecule has 0 spiro atoms. The summed E-state index contributed by atoms with van der Waals surface area (Å²) in [5.41, 5.74) is 0.0260. The first-order valence-corrected chi connectivity index (χ1v) is 6.31. The molecule has 0 saturated heterocycles. The van der Waals surface area contributed by atoms with Gasteiger partial charge in [-0.15, -0.1) is 0 Å². The Bertz CT molecular complexity index is 204. The van der Waals surface area contributed by atoms with E-state index >= 15 is 0 Å². The Labute approximate surface area is 89.6 Å². The summed E-state index contributed by atoms with van der Waals surface area (Å²) in [5, 5.41) is 12.3. The number of hydrogen-bond acceptors (Lipinski definition) is 3. The number of aliphatic hydroxyl groups is 1. The van der Waals surface area contributed by atoms with Crippen LogP contribution in [0.3, 0.4) is 0 Å². The van der Waals surface area contributed by atoms with E-state index in [0.717, 1.165) is 12.8 Å². The highest BCUT2D eigenvalue weighted by atomic mass is 32.2. The van der Waals surface area contributed by atoms with Crippen molar-refractivity contribution >= 4 is 17.7 Å². The van der Waals surface area contributed by atoms with Gasteiger partial charge in [-0.3, -0.25) is 4.79 Å². The van der Waals surface area contributed by atoms with E-state index in [1.54, 1.807) is 11.8 Å². The summed E-state index contributed by atoms with van der Waals surface area (Å²) in [4.78, 5) is 11.4. The van der Waals surface area contributed by atoms with Crippen LogP contribution in [-0.2, 0) is 4.79 Å². The molecule has 1 fully saturated rings. The molecule has 1 rings (SSSR count). The molecule has 1 aliphatic carbocycles. The smallest absolute Gasteiger partial charge is 0.221 e. The number of hydrogen-bond donors (Lipinski definition) is 2. The molecule has 0 radical (unpaired) electrons. The summed E-state index contributed by atoms with van der Waals surface area (Å²) in [6.07, 6.45) is 4.67. The zero-order valence-corrected chi connectivity index (χ0v) is 9.69. The quantitative estimate of drug-likeness (QED) is 0.698. The summed E-state index contributed by atoms with van der Waals surface area (Å²) in [6, 6.07) is 0. The van der Waals surface area contributed by atoms with Crippen LogP contribution >= 0.6 is 11.8 Å². The minimum Gasteiger partial charge on any atom is -0.396 e. The van der Waals surface area contributed by atoms with Crippen LogP contribution in [0.5, 0.6) is 0 Å². The van der Waals surface area contributed by atoms with Gasteiger partial charge in [0, 0.05) is 23.6 Å². The van der Waals surface area contributed by atoms with Crippen molar-refractivity contribution in [2.75, 3.05) is 19.4 Å². The summed E-state index contributed by atoms with van der Waals surface area (Å²) in [6.45, 7) is 2.89. The normalized spacial score (nSPS) is 20.2. The number of thioether (sulfide) groups is 1. The van der Waals surface area contributed by atoms with Gasteiger partial charge in [0.15, 0.2) is 0 Å². The Hall–Kier alpha value is -0.220. The lowest BCUT2D eigenvalue weighted by Gasteiger charge is -2.14. The molecular formula is C10H19NO2S. The second-order valence-corrected chi connectivity index (χ2v) is 5.46. The van der Waals surface area contributed by atoms with E-state index in [-0.39, 0.29) is 17.9 Å². The topological polar surface area (TPSA) is 49.3 Å². The molecule has 3 nitrogen and oxygen atoms in total. The third-order valence-corrected chi connectivity index (χ3v) is 3.80. The molecule has 2 N–H and O–H groups in total. The van der Waals surface area contributed by atoms with Crippen molar-refractivity contribution in [3.05, 3.63) is 0 Å². The number of aliphatic hydroxyl groups excluding tert-OH is 1. The maximum absolute atomic E-state index is 11.4. The van der Waals surface area contributed by atoms with E-state index in [4.69, 9.17) is 5.11 Å². The molecule has 1 amide bonds. The second kappa shape index (κ2) is 5.03. The van der Waals surface area contributed by atoms with Gasteiger partial charge >= 0.3 is 0 Å². The van der Waals surface area contributed by atoms with Gasteiger partial charge in [-0.1, -0.05) is 6.92 Å². The fraction of sp³-hybridized carbons (Fsp3) is 0.900. The van der Waals surface area contributed by atoms with E-state index in [2.05, 4.69) is 5.32 Å². The van der Waals surface area contributed by atoms with Crippen molar-refractivity contribution in [1.82, 2.24) is 5.32 Å². The Morgan fingerprint density at radius 3 is 2.71 bits per heavy atom. The van der Waals surface area contributed by atoms with Gasteiger partial charge in [-0.05, 0) is 19.1 Å². The van der Waals surface area contributed by atoms with Crippen molar-refractivity contribution in [2.45, 2.75) is 31.4 Å². The highest BCUT2D eigenvalue weighted by molar-refractivity contribution is 7.99. The predicted molar refractivity (Wildman–Crippen MR) is 59.4 cm³/mol. The van der Waals surface area contributed by atoms with E-state index in [9.17, 15) is 4.79 Å².